The molecule has 14 heavy (non-hydrogen) atoms. The van der Waals surface area contributed by atoms with Crippen LogP contribution in [0.15, 0.2) is 0 Å². The molecule has 0 bridgehead atoms. The van der Waals surface area contributed by atoms with Gasteiger partial charge >= 0.3 is 0 Å². The quantitative estimate of drug-likeness (QED) is 0.638. The third kappa shape index (κ3) is 1.95. The van der Waals surface area contributed by atoms with Gasteiger partial charge in [-0.3, -0.25) is 14.5 Å². The van der Waals surface area contributed by atoms with E-state index in [2.05, 4.69) is 5.32 Å². The number of carbonyl (C=O) groups excluding carboxylic acids is 2. The average Bonchev–Trinajstić information content (AvgIpc) is 2.18. The lowest BCUT2D eigenvalue weighted by Crippen LogP contribution is -2.53. The first-order valence-electron chi connectivity index (χ1n) is 5.31. The standard InChI is InChI=1S/C10H16N2O2/c13-8-3-2-6-12(7-8)9-4-1-5-11-10(9)14/h9H,1-7H2,(H,11,14). The fraction of sp³-hybridized carbons (Fsp3) is 0.800. The number of hydrogen-bond donors (Lipinski definition) is 1. The highest BCUT2D eigenvalue weighted by atomic mass is 16.2. The molecule has 0 saturated carbocycles. The van der Waals surface area contributed by atoms with Crippen LogP contribution in [0, 0.1) is 0 Å². The van der Waals surface area contributed by atoms with Crippen molar-refractivity contribution in [3.05, 3.63) is 0 Å². The van der Waals surface area contributed by atoms with Gasteiger partial charge in [-0.25, -0.2) is 0 Å². The number of nitrogens with one attached hydrogen (secondary N) is 1. The van der Waals surface area contributed by atoms with Crippen molar-refractivity contribution in [3.63, 3.8) is 0 Å². The fourth-order valence-corrected chi connectivity index (χ4v) is 2.23. The van der Waals surface area contributed by atoms with E-state index in [1.165, 1.54) is 0 Å². The minimum atomic E-state index is -0.0481. The number of amides is 1. The molecular formula is C10H16N2O2. The highest BCUT2D eigenvalue weighted by molar-refractivity contribution is 5.85. The van der Waals surface area contributed by atoms with Crippen LogP contribution in [0.4, 0.5) is 0 Å². The van der Waals surface area contributed by atoms with Gasteiger partial charge in [-0.05, 0) is 25.8 Å². The number of ketones is 1. The van der Waals surface area contributed by atoms with E-state index < -0.39 is 0 Å². The Morgan fingerprint density at radius 1 is 1.29 bits per heavy atom. The van der Waals surface area contributed by atoms with E-state index >= 15 is 0 Å². The Morgan fingerprint density at radius 3 is 2.86 bits per heavy atom. The summed E-state index contributed by atoms with van der Waals surface area (Å²) < 4.78 is 0. The minimum absolute atomic E-state index is 0.0481. The van der Waals surface area contributed by atoms with Crippen molar-refractivity contribution in [2.24, 2.45) is 0 Å². The van der Waals surface area contributed by atoms with Crippen LogP contribution < -0.4 is 5.32 Å². The number of carbonyl (C=O) groups is 2. The summed E-state index contributed by atoms with van der Waals surface area (Å²) >= 11 is 0. The maximum absolute atomic E-state index is 11.5. The normalized spacial score (nSPS) is 30.1. The first-order valence-corrected chi connectivity index (χ1v) is 5.31. The fourth-order valence-electron chi connectivity index (χ4n) is 2.23. The predicted molar refractivity (Wildman–Crippen MR) is 51.8 cm³/mol. The topological polar surface area (TPSA) is 49.4 Å². The number of likely N-dealkylation sites (tertiary alicyclic amines) is 1. The Bertz CT molecular complexity index is 253. The van der Waals surface area contributed by atoms with Crippen LogP contribution in [0.3, 0.4) is 0 Å². The Balaban J connectivity index is 1.98. The lowest BCUT2D eigenvalue weighted by molar-refractivity contribution is -0.131. The lowest BCUT2D eigenvalue weighted by atomic mass is 10.0. The number of piperidine rings is 2. The summed E-state index contributed by atoms with van der Waals surface area (Å²) in [6, 6.07) is -0.0481. The summed E-state index contributed by atoms with van der Waals surface area (Å²) in [6.45, 7) is 2.15. The Labute approximate surface area is 83.6 Å². The summed E-state index contributed by atoms with van der Waals surface area (Å²) in [4.78, 5) is 24.8. The summed E-state index contributed by atoms with van der Waals surface area (Å²) in [7, 11) is 0. The second kappa shape index (κ2) is 4.09. The number of Topliss-reactive ketones (excluding diaryl/α,β-unsaturated/α-hetero) is 1. The molecule has 2 fully saturated rings. The van der Waals surface area contributed by atoms with Crippen LogP contribution in [0.25, 0.3) is 0 Å². The van der Waals surface area contributed by atoms with Crippen LogP contribution >= 0.6 is 0 Å². The molecule has 1 N–H and O–H groups in total. The van der Waals surface area contributed by atoms with Crippen LogP contribution in [0.1, 0.15) is 25.7 Å². The van der Waals surface area contributed by atoms with E-state index in [-0.39, 0.29) is 17.7 Å². The molecule has 2 rings (SSSR count). The van der Waals surface area contributed by atoms with Gasteiger partial charge in [0.2, 0.25) is 5.91 Å². The smallest absolute Gasteiger partial charge is 0.237 e. The van der Waals surface area contributed by atoms with E-state index in [0.29, 0.717) is 13.0 Å². The molecule has 4 nitrogen and oxygen atoms in total. The molecule has 2 heterocycles. The minimum Gasteiger partial charge on any atom is -0.355 e. The zero-order valence-corrected chi connectivity index (χ0v) is 8.29. The molecule has 2 aliphatic heterocycles. The third-order valence-corrected chi connectivity index (χ3v) is 2.98. The molecule has 0 radical (unpaired) electrons. The zero-order chi connectivity index (χ0) is 9.97. The van der Waals surface area contributed by atoms with Gasteiger partial charge in [-0.15, -0.1) is 0 Å². The van der Waals surface area contributed by atoms with Crippen molar-refractivity contribution in [1.29, 1.82) is 0 Å². The van der Waals surface area contributed by atoms with Gasteiger partial charge in [-0.1, -0.05) is 0 Å². The van der Waals surface area contributed by atoms with Gasteiger partial charge in [-0.2, -0.15) is 0 Å². The molecule has 0 aromatic carbocycles. The number of hydrogen-bond acceptors (Lipinski definition) is 3. The average molecular weight is 196 g/mol. The van der Waals surface area contributed by atoms with Crippen molar-refractivity contribution < 1.29 is 9.59 Å². The first kappa shape index (κ1) is 9.65. The number of nitrogens with zero attached hydrogens (tertiary/aromatic N) is 1. The van der Waals surface area contributed by atoms with E-state index in [1.807, 2.05) is 4.90 Å². The predicted octanol–water partition coefficient (Wildman–Crippen LogP) is -0.0701. The maximum atomic E-state index is 11.5. The Hall–Kier alpha value is -0.900. The van der Waals surface area contributed by atoms with E-state index in [0.717, 1.165) is 32.4 Å². The highest BCUT2D eigenvalue weighted by Crippen LogP contribution is 2.15. The Kier molecular flexibility index (Phi) is 2.82. The lowest BCUT2D eigenvalue weighted by Gasteiger charge is -2.35. The van der Waals surface area contributed by atoms with Gasteiger partial charge in [0.1, 0.15) is 5.78 Å². The van der Waals surface area contributed by atoms with E-state index in [4.69, 9.17) is 0 Å². The third-order valence-electron chi connectivity index (χ3n) is 2.98. The molecule has 2 aliphatic rings. The molecule has 1 amide bonds. The van der Waals surface area contributed by atoms with Crippen molar-refractivity contribution >= 4 is 11.7 Å². The van der Waals surface area contributed by atoms with Gasteiger partial charge in [0.15, 0.2) is 0 Å². The molecule has 1 unspecified atom stereocenters. The summed E-state index contributed by atoms with van der Waals surface area (Å²) in [6.07, 6.45) is 3.52. The molecule has 2 saturated heterocycles. The van der Waals surface area contributed by atoms with Crippen molar-refractivity contribution in [1.82, 2.24) is 10.2 Å². The summed E-state index contributed by atoms with van der Waals surface area (Å²) in [5.74, 6) is 0.376. The van der Waals surface area contributed by atoms with Crippen molar-refractivity contribution in [3.8, 4) is 0 Å². The second-order valence-electron chi connectivity index (χ2n) is 4.06. The van der Waals surface area contributed by atoms with Gasteiger partial charge in [0.05, 0.1) is 12.6 Å². The van der Waals surface area contributed by atoms with Crippen LogP contribution in [-0.2, 0) is 9.59 Å². The van der Waals surface area contributed by atoms with Crippen LogP contribution in [0.2, 0.25) is 0 Å². The van der Waals surface area contributed by atoms with Crippen molar-refractivity contribution in [2.75, 3.05) is 19.6 Å². The second-order valence-corrected chi connectivity index (χ2v) is 4.06. The van der Waals surface area contributed by atoms with Crippen LogP contribution in [-0.4, -0.2) is 42.3 Å². The van der Waals surface area contributed by atoms with Gasteiger partial charge in [0.25, 0.3) is 0 Å². The Morgan fingerprint density at radius 2 is 2.14 bits per heavy atom. The monoisotopic (exact) mass is 196 g/mol. The SMILES string of the molecule is O=C1CCCN(C2CCCNC2=O)C1. The molecule has 4 heteroatoms. The summed E-state index contributed by atoms with van der Waals surface area (Å²) in [5, 5.41) is 2.85. The molecule has 1 atom stereocenters. The summed E-state index contributed by atoms with van der Waals surface area (Å²) in [5.41, 5.74) is 0. The zero-order valence-electron chi connectivity index (χ0n) is 8.29. The molecule has 78 valence electrons. The molecular weight excluding hydrogens is 180 g/mol. The van der Waals surface area contributed by atoms with E-state index in [1.54, 1.807) is 0 Å². The van der Waals surface area contributed by atoms with Crippen LogP contribution in [0.5, 0.6) is 0 Å². The molecule has 0 aromatic rings. The highest BCUT2D eigenvalue weighted by Gasteiger charge is 2.30. The van der Waals surface area contributed by atoms with E-state index in [9.17, 15) is 9.59 Å². The number of rotatable bonds is 1. The largest absolute Gasteiger partial charge is 0.355 e. The van der Waals surface area contributed by atoms with Gasteiger partial charge < -0.3 is 5.32 Å². The maximum Gasteiger partial charge on any atom is 0.237 e. The molecule has 0 spiro atoms. The van der Waals surface area contributed by atoms with Gasteiger partial charge in [0, 0.05) is 13.0 Å². The molecule has 0 aromatic heterocycles. The molecule has 0 aliphatic carbocycles. The first-order chi connectivity index (χ1) is 6.77. The van der Waals surface area contributed by atoms with Crippen molar-refractivity contribution in [2.45, 2.75) is 31.7 Å².